The molecular weight excluding hydrogens is 196 g/mol. The summed E-state index contributed by atoms with van der Waals surface area (Å²) in [6.07, 6.45) is 1.65. The number of carbonyl (C=O) groups is 3. The average Bonchev–Trinajstić information content (AvgIpc) is 2.37. The van der Waals surface area contributed by atoms with E-state index in [1.54, 1.807) is 6.92 Å². The van der Waals surface area contributed by atoms with Gasteiger partial charge in [-0.2, -0.15) is 0 Å². The second-order valence-electron chi connectivity index (χ2n) is 4.25. The number of amides is 4. The third kappa shape index (κ3) is 2.55. The molecule has 1 atom stereocenters. The number of urea groups is 1. The minimum Gasteiger partial charge on any atom is -0.269 e. The highest BCUT2D eigenvalue weighted by atomic mass is 16.2. The van der Waals surface area contributed by atoms with Crippen molar-refractivity contribution >= 4 is 17.8 Å². The van der Waals surface area contributed by atoms with Crippen LogP contribution in [0.1, 0.15) is 33.6 Å². The summed E-state index contributed by atoms with van der Waals surface area (Å²) in [5.74, 6) is -1.04. The third-order valence-corrected chi connectivity index (χ3v) is 2.45. The fourth-order valence-electron chi connectivity index (χ4n) is 1.52. The highest BCUT2D eigenvalue weighted by Crippen LogP contribution is 2.14. The zero-order valence-corrected chi connectivity index (χ0v) is 9.24. The van der Waals surface area contributed by atoms with Gasteiger partial charge < -0.3 is 0 Å². The lowest BCUT2D eigenvalue weighted by Gasteiger charge is -2.20. The normalized spacial score (nSPS) is 18.7. The predicted octanol–water partition coefficient (Wildman–Crippen LogP) is 0.889. The molecule has 1 heterocycles. The Morgan fingerprint density at radius 3 is 2.13 bits per heavy atom. The summed E-state index contributed by atoms with van der Waals surface area (Å²) < 4.78 is 0. The zero-order valence-electron chi connectivity index (χ0n) is 9.24. The quantitative estimate of drug-likeness (QED) is 0.556. The largest absolute Gasteiger partial charge is 0.331 e. The average molecular weight is 212 g/mol. The third-order valence-electron chi connectivity index (χ3n) is 2.45. The van der Waals surface area contributed by atoms with Crippen LogP contribution in [0.2, 0.25) is 0 Å². The lowest BCUT2D eigenvalue weighted by Crippen LogP contribution is -2.39. The molecule has 0 aromatic carbocycles. The van der Waals surface area contributed by atoms with Gasteiger partial charge in [-0.25, -0.2) is 4.79 Å². The topological polar surface area (TPSA) is 66.5 Å². The minimum absolute atomic E-state index is 0.216. The molecule has 1 saturated heterocycles. The highest BCUT2D eigenvalue weighted by Gasteiger charge is 2.39. The standard InChI is InChI=1S/C10H16N2O3/c1-6(2)4-5-7(3)12-9(14)8(13)11-10(12)15/h6-7H,4-5H2,1-3H3,(H,11,13,15). The van der Waals surface area contributed by atoms with Crippen LogP contribution in [0.4, 0.5) is 4.79 Å². The first-order valence-electron chi connectivity index (χ1n) is 5.12. The van der Waals surface area contributed by atoms with E-state index in [0.717, 1.165) is 17.7 Å². The molecular formula is C10H16N2O3. The molecule has 1 rings (SSSR count). The Morgan fingerprint density at radius 2 is 1.73 bits per heavy atom. The van der Waals surface area contributed by atoms with Gasteiger partial charge in [-0.15, -0.1) is 0 Å². The first-order chi connectivity index (χ1) is 6.93. The van der Waals surface area contributed by atoms with Gasteiger partial charge in [0.1, 0.15) is 0 Å². The predicted molar refractivity (Wildman–Crippen MR) is 53.9 cm³/mol. The second-order valence-corrected chi connectivity index (χ2v) is 4.25. The van der Waals surface area contributed by atoms with Crippen molar-refractivity contribution in [2.75, 3.05) is 0 Å². The molecule has 0 radical (unpaired) electrons. The van der Waals surface area contributed by atoms with Crippen molar-refractivity contribution in [1.29, 1.82) is 0 Å². The lowest BCUT2D eigenvalue weighted by atomic mass is 10.0. The van der Waals surface area contributed by atoms with Crippen LogP contribution < -0.4 is 5.32 Å². The van der Waals surface area contributed by atoms with Crippen LogP contribution in [0.15, 0.2) is 0 Å². The van der Waals surface area contributed by atoms with E-state index < -0.39 is 17.8 Å². The van der Waals surface area contributed by atoms with E-state index in [-0.39, 0.29) is 6.04 Å². The van der Waals surface area contributed by atoms with Crippen molar-refractivity contribution in [2.45, 2.75) is 39.7 Å². The van der Waals surface area contributed by atoms with E-state index in [0.29, 0.717) is 5.92 Å². The van der Waals surface area contributed by atoms with Crippen LogP contribution in [0, 0.1) is 5.92 Å². The Bertz CT molecular complexity index is 299. The monoisotopic (exact) mass is 212 g/mol. The van der Waals surface area contributed by atoms with Crippen LogP contribution in [0.25, 0.3) is 0 Å². The summed E-state index contributed by atoms with van der Waals surface area (Å²) in [5.41, 5.74) is 0. The van der Waals surface area contributed by atoms with Crippen molar-refractivity contribution in [3.63, 3.8) is 0 Å². The van der Waals surface area contributed by atoms with Gasteiger partial charge in [-0.3, -0.25) is 19.8 Å². The molecule has 5 heteroatoms. The number of rotatable bonds is 4. The summed E-state index contributed by atoms with van der Waals surface area (Å²) in [7, 11) is 0. The molecule has 0 aliphatic carbocycles. The summed E-state index contributed by atoms with van der Waals surface area (Å²) in [6.45, 7) is 5.92. The molecule has 84 valence electrons. The Morgan fingerprint density at radius 1 is 1.13 bits per heavy atom. The SMILES string of the molecule is CC(C)CCC(C)N1C(=O)NC(=O)C1=O. The lowest BCUT2D eigenvalue weighted by molar-refractivity contribution is -0.141. The highest BCUT2D eigenvalue weighted by molar-refractivity contribution is 6.44. The summed E-state index contributed by atoms with van der Waals surface area (Å²) in [6, 6.07) is -0.812. The maximum Gasteiger partial charge on any atom is 0.331 e. The van der Waals surface area contributed by atoms with E-state index in [1.807, 2.05) is 5.32 Å². The summed E-state index contributed by atoms with van der Waals surface area (Å²) in [4.78, 5) is 34.5. The Hall–Kier alpha value is -1.39. The Labute approximate surface area is 88.8 Å². The van der Waals surface area contributed by atoms with E-state index in [2.05, 4.69) is 13.8 Å². The van der Waals surface area contributed by atoms with Gasteiger partial charge in [-0.05, 0) is 25.7 Å². The van der Waals surface area contributed by atoms with E-state index in [1.165, 1.54) is 0 Å². The molecule has 5 nitrogen and oxygen atoms in total. The molecule has 0 bridgehead atoms. The second kappa shape index (κ2) is 4.42. The van der Waals surface area contributed by atoms with Crippen molar-refractivity contribution in [2.24, 2.45) is 5.92 Å². The van der Waals surface area contributed by atoms with Crippen molar-refractivity contribution in [3.8, 4) is 0 Å². The number of hydrogen-bond donors (Lipinski definition) is 1. The van der Waals surface area contributed by atoms with Crippen LogP contribution in [0.5, 0.6) is 0 Å². The maximum atomic E-state index is 11.3. The maximum absolute atomic E-state index is 11.3. The molecule has 1 aliphatic heterocycles. The molecule has 15 heavy (non-hydrogen) atoms. The molecule has 0 saturated carbocycles. The van der Waals surface area contributed by atoms with Crippen LogP contribution in [-0.2, 0) is 9.59 Å². The minimum atomic E-state index is -0.823. The molecule has 1 fully saturated rings. The Kier molecular flexibility index (Phi) is 3.44. The summed E-state index contributed by atoms with van der Waals surface area (Å²) in [5, 5.41) is 1.98. The molecule has 0 aromatic heterocycles. The molecule has 1 unspecified atom stereocenters. The van der Waals surface area contributed by atoms with E-state index in [4.69, 9.17) is 0 Å². The number of carbonyl (C=O) groups excluding carboxylic acids is 3. The van der Waals surface area contributed by atoms with Crippen LogP contribution in [0.3, 0.4) is 0 Å². The molecule has 1 aliphatic rings. The number of nitrogens with one attached hydrogen (secondary N) is 1. The summed E-state index contributed by atoms with van der Waals surface area (Å²) >= 11 is 0. The zero-order chi connectivity index (χ0) is 11.6. The molecule has 1 N–H and O–H groups in total. The van der Waals surface area contributed by atoms with Crippen molar-refractivity contribution < 1.29 is 14.4 Å². The van der Waals surface area contributed by atoms with E-state index in [9.17, 15) is 14.4 Å². The number of hydrogen-bond acceptors (Lipinski definition) is 3. The fourth-order valence-corrected chi connectivity index (χ4v) is 1.52. The first kappa shape index (κ1) is 11.7. The number of imide groups is 2. The van der Waals surface area contributed by atoms with Crippen LogP contribution in [-0.4, -0.2) is 28.8 Å². The van der Waals surface area contributed by atoms with Crippen molar-refractivity contribution in [1.82, 2.24) is 10.2 Å². The van der Waals surface area contributed by atoms with Gasteiger partial charge in [0.15, 0.2) is 0 Å². The van der Waals surface area contributed by atoms with Gasteiger partial charge in [0, 0.05) is 6.04 Å². The first-order valence-corrected chi connectivity index (χ1v) is 5.12. The Balaban J connectivity index is 2.59. The van der Waals surface area contributed by atoms with Crippen LogP contribution >= 0.6 is 0 Å². The fraction of sp³-hybridized carbons (Fsp3) is 0.700. The van der Waals surface area contributed by atoms with Gasteiger partial charge in [0.25, 0.3) is 0 Å². The van der Waals surface area contributed by atoms with Gasteiger partial charge in [-0.1, -0.05) is 13.8 Å². The van der Waals surface area contributed by atoms with Gasteiger partial charge >= 0.3 is 17.8 Å². The van der Waals surface area contributed by atoms with E-state index >= 15 is 0 Å². The van der Waals surface area contributed by atoms with Gasteiger partial charge in [0.05, 0.1) is 0 Å². The number of nitrogens with zero attached hydrogens (tertiary/aromatic N) is 1. The molecule has 0 aromatic rings. The van der Waals surface area contributed by atoms with Gasteiger partial charge in [0.2, 0.25) is 0 Å². The molecule has 0 spiro atoms. The molecule has 4 amide bonds. The smallest absolute Gasteiger partial charge is 0.269 e. The van der Waals surface area contributed by atoms with Crippen molar-refractivity contribution in [3.05, 3.63) is 0 Å².